The van der Waals surface area contributed by atoms with Gasteiger partial charge < -0.3 is 14.2 Å². The third-order valence-corrected chi connectivity index (χ3v) is 2.56. The molecule has 2 fully saturated rings. The van der Waals surface area contributed by atoms with Gasteiger partial charge in [0, 0.05) is 4.91 Å². The number of ether oxygens (including phenoxy) is 3. The number of nitrogens with zero attached hydrogens (tertiary/aromatic N) is 3. The van der Waals surface area contributed by atoms with Crippen LogP contribution in [0.4, 0.5) is 0 Å². The van der Waals surface area contributed by atoms with Gasteiger partial charge in [-0.1, -0.05) is 11.0 Å². The van der Waals surface area contributed by atoms with E-state index < -0.39 is 0 Å². The Balaban J connectivity index is 1.96. The van der Waals surface area contributed by atoms with Gasteiger partial charge in [-0.2, -0.15) is 0 Å². The van der Waals surface area contributed by atoms with Crippen molar-refractivity contribution in [2.75, 3.05) is 19.8 Å². The molecule has 4 atom stereocenters. The van der Waals surface area contributed by atoms with Crippen LogP contribution in [0.2, 0.25) is 0 Å². The van der Waals surface area contributed by atoms with Crippen molar-refractivity contribution in [3.8, 4) is 12.3 Å². The minimum atomic E-state index is -0.251. The predicted octanol–water partition coefficient (Wildman–Crippen LogP) is 0.481. The lowest BCUT2D eigenvalue weighted by Crippen LogP contribution is -2.32. The first-order chi connectivity index (χ1) is 7.36. The zero-order valence-corrected chi connectivity index (χ0v) is 8.07. The Kier molecular flexibility index (Phi) is 3.09. The Morgan fingerprint density at radius 3 is 3.00 bits per heavy atom. The summed E-state index contributed by atoms with van der Waals surface area (Å²) in [6, 6.07) is -0.251. The van der Waals surface area contributed by atoms with Crippen molar-refractivity contribution in [2.45, 2.75) is 24.4 Å². The van der Waals surface area contributed by atoms with Crippen LogP contribution < -0.4 is 0 Å². The summed E-state index contributed by atoms with van der Waals surface area (Å²) in [6.45, 7) is 1.07. The maximum Gasteiger partial charge on any atom is 0.113 e. The molecule has 2 aliphatic rings. The van der Waals surface area contributed by atoms with Crippen molar-refractivity contribution in [3.05, 3.63) is 10.4 Å². The van der Waals surface area contributed by atoms with Crippen molar-refractivity contribution in [1.29, 1.82) is 0 Å². The SMILES string of the molecule is C#CCO[C@H]1CO[C@H]2[C@H]1OC[C@@H]2N=[N+]=[N-]. The fourth-order valence-electron chi connectivity index (χ4n) is 1.91. The second-order valence-electron chi connectivity index (χ2n) is 3.42. The molecule has 6 heteroatoms. The molecule has 2 heterocycles. The molecule has 0 unspecified atom stereocenters. The Morgan fingerprint density at radius 2 is 2.27 bits per heavy atom. The molecule has 6 nitrogen and oxygen atoms in total. The van der Waals surface area contributed by atoms with E-state index in [1.54, 1.807) is 0 Å². The highest BCUT2D eigenvalue weighted by Crippen LogP contribution is 2.30. The van der Waals surface area contributed by atoms with Crippen LogP contribution in [0.15, 0.2) is 5.11 Å². The highest BCUT2D eigenvalue weighted by molar-refractivity contribution is 4.99. The van der Waals surface area contributed by atoms with Gasteiger partial charge in [0.05, 0.1) is 25.4 Å². The van der Waals surface area contributed by atoms with E-state index in [2.05, 4.69) is 15.9 Å². The van der Waals surface area contributed by atoms with Gasteiger partial charge in [0.15, 0.2) is 0 Å². The van der Waals surface area contributed by atoms with Crippen molar-refractivity contribution >= 4 is 0 Å². The lowest BCUT2D eigenvalue weighted by molar-refractivity contribution is -0.0192. The molecule has 0 N–H and O–H groups in total. The summed E-state index contributed by atoms with van der Waals surface area (Å²) < 4.78 is 16.3. The first-order valence-electron chi connectivity index (χ1n) is 4.69. The van der Waals surface area contributed by atoms with Gasteiger partial charge in [-0.15, -0.1) is 6.42 Å². The third kappa shape index (κ3) is 1.91. The van der Waals surface area contributed by atoms with Crippen LogP contribution >= 0.6 is 0 Å². The molecule has 0 aromatic carbocycles. The van der Waals surface area contributed by atoms with Crippen LogP contribution in [0.25, 0.3) is 10.4 Å². The number of fused-ring (bicyclic) bond motifs is 1. The second kappa shape index (κ2) is 4.51. The molecule has 0 bridgehead atoms. The molecule has 2 saturated heterocycles. The van der Waals surface area contributed by atoms with Crippen LogP contribution in [0.1, 0.15) is 0 Å². The fraction of sp³-hybridized carbons (Fsp3) is 0.778. The van der Waals surface area contributed by atoms with Crippen molar-refractivity contribution in [1.82, 2.24) is 0 Å². The van der Waals surface area contributed by atoms with Crippen LogP contribution in [0.5, 0.6) is 0 Å². The Hall–Kier alpha value is -1.25. The molecule has 0 saturated carbocycles. The quantitative estimate of drug-likeness (QED) is 0.293. The second-order valence-corrected chi connectivity index (χ2v) is 3.42. The van der Waals surface area contributed by atoms with E-state index in [1.807, 2.05) is 0 Å². The summed E-state index contributed by atoms with van der Waals surface area (Å²) in [5.41, 5.74) is 8.34. The first kappa shape index (κ1) is 10.3. The summed E-state index contributed by atoms with van der Waals surface area (Å²) in [4.78, 5) is 2.76. The Bertz CT molecular complexity index is 321. The lowest BCUT2D eigenvalue weighted by atomic mass is 10.1. The van der Waals surface area contributed by atoms with E-state index in [9.17, 15) is 0 Å². The summed E-state index contributed by atoms with van der Waals surface area (Å²) in [5.74, 6) is 2.40. The molecule has 2 rings (SSSR count). The predicted molar refractivity (Wildman–Crippen MR) is 51.0 cm³/mol. The molecule has 0 radical (unpaired) electrons. The van der Waals surface area contributed by atoms with Crippen molar-refractivity contribution in [2.24, 2.45) is 5.11 Å². The zero-order valence-electron chi connectivity index (χ0n) is 8.07. The first-order valence-corrected chi connectivity index (χ1v) is 4.69. The van der Waals surface area contributed by atoms with Gasteiger partial charge in [-0.25, -0.2) is 0 Å². The fourth-order valence-corrected chi connectivity index (χ4v) is 1.91. The molecule has 0 aromatic rings. The van der Waals surface area contributed by atoms with Gasteiger partial charge in [0.25, 0.3) is 0 Å². The molecule has 0 aliphatic carbocycles. The molecule has 0 aromatic heterocycles. The molecule has 0 amide bonds. The van der Waals surface area contributed by atoms with Gasteiger partial charge in [0.1, 0.15) is 18.8 Å². The monoisotopic (exact) mass is 209 g/mol. The molecule has 15 heavy (non-hydrogen) atoms. The standard InChI is InChI=1S/C9H11N3O3/c1-2-3-13-7-5-15-8-6(11-12-10)4-14-9(7)8/h1,6-9H,3-5H2/t6-,7-,8+,9-/m0/s1. The van der Waals surface area contributed by atoms with E-state index >= 15 is 0 Å². The minimum absolute atomic E-state index is 0.148. The summed E-state index contributed by atoms with van der Waals surface area (Å²) in [7, 11) is 0. The molecule has 0 spiro atoms. The summed E-state index contributed by atoms with van der Waals surface area (Å²) >= 11 is 0. The Labute approximate surface area is 87.1 Å². The Morgan fingerprint density at radius 1 is 1.47 bits per heavy atom. The van der Waals surface area contributed by atoms with Crippen LogP contribution in [-0.4, -0.2) is 44.2 Å². The van der Waals surface area contributed by atoms with Gasteiger partial charge in [-0.05, 0) is 5.53 Å². The van der Waals surface area contributed by atoms with Gasteiger partial charge in [0.2, 0.25) is 0 Å². The number of azide groups is 1. The smallest absolute Gasteiger partial charge is 0.113 e. The average Bonchev–Trinajstić information content (AvgIpc) is 2.79. The zero-order chi connectivity index (χ0) is 10.7. The molecule has 80 valence electrons. The largest absolute Gasteiger partial charge is 0.372 e. The number of rotatable bonds is 3. The third-order valence-electron chi connectivity index (χ3n) is 2.56. The lowest BCUT2D eigenvalue weighted by Gasteiger charge is -2.14. The summed E-state index contributed by atoms with van der Waals surface area (Å²) in [5, 5.41) is 3.62. The average molecular weight is 209 g/mol. The minimum Gasteiger partial charge on any atom is -0.372 e. The molecular formula is C9H11N3O3. The van der Waals surface area contributed by atoms with Crippen molar-refractivity contribution in [3.63, 3.8) is 0 Å². The van der Waals surface area contributed by atoms with Gasteiger partial charge in [-0.3, -0.25) is 0 Å². The van der Waals surface area contributed by atoms with E-state index in [0.29, 0.717) is 13.2 Å². The molecule has 2 aliphatic heterocycles. The van der Waals surface area contributed by atoms with E-state index in [-0.39, 0.29) is 31.0 Å². The van der Waals surface area contributed by atoms with Crippen LogP contribution in [0.3, 0.4) is 0 Å². The number of hydrogen-bond donors (Lipinski definition) is 0. The normalized spacial score (nSPS) is 38.1. The van der Waals surface area contributed by atoms with Crippen LogP contribution in [-0.2, 0) is 14.2 Å². The topological polar surface area (TPSA) is 76.5 Å². The van der Waals surface area contributed by atoms with Crippen molar-refractivity contribution < 1.29 is 14.2 Å². The van der Waals surface area contributed by atoms with E-state index in [1.165, 1.54) is 0 Å². The van der Waals surface area contributed by atoms with E-state index in [0.717, 1.165) is 0 Å². The maximum absolute atomic E-state index is 8.34. The van der Waals surface area contributed by atoms with E-state index in [4.69, 9.17) is 26.2 Å². The maximum atomic E-state index is 8.34. The van der Waals surface area contributed by atoms with Crippen LogP contribution in [0, 0.1) is 12.3 Å². The number of hydrogen-bond acceptors (Lipinski definition) is 4. The highest BCUT2D eigenvalue weighted by Gasteiger charge is 2.47. The summed E-state index contributed by atoms with van der Waals surface area (Å²) in [6.07, 6.45) is 4.60. The highest BCUT2D eigenvalue weighted by atomic mass is 16.6. The number of terminal acetylenes is 1. The molecular weight excluding hydrogens is 198 g/mol. The van der Waals surface area contributed by atoms with Gasteiger partial charge >= 0.3 is 0 Å².